The zero-order chi connectivity index (χ0) is 14.2. The molecule has 0 bridgehead atoms. The lowest BCUT2D eigenvalue weighted by Gasteiger charge is -2.18. The molecule has 4 rings (SSSR count). The number of aliphatic imine (C=N–C) groups is 1. The Balaban J connectivity index is 1.72. The zero-order valence-corrected chi connectivity index (χ0v) is 11.4. The van der Waals surface area contributed by atoms with Gasteiger partial charge in [-0.15, -0.1) is 0 Å². The van der Waals surface area contributed by atoms with Crippen LogP contribution in [-0.4, -0.2) is 18.3 Å². The van der Waals surface area contributed by atoms with Gasteiger partial charge in [0.2, 0.25) is 5.91 Å². The van der Waals surface area contributed by atoms with Gasteiger partial charge in [-0.05, 0) is 17.7 Å². The standard InChI is InChI=1S/C17H15N3O/c21-17-15-12(11-6-2-1-3-7-11)10-18-16(15)19-13-8-4-5-9-14(13)20-17/h1-9,12,15H,10H2,(H,18,19)(H,20,21)/t12-,15+/m0/s1. The van der Waals surface area contributed by atoms with E-state index in [0.29, 0.717) is 6.54 Å². The quantitative estimate of drug-likeness (QED) is 0.842. The Labute approximate surface area is 122 Å². The highest BCUT2D eigenvalue weighted by atomic mass is 16.2. The summed E-state index contributed by atoms with van der Waals surface area (Å²) in [5, 5.41) is 6.33. The number of nitrogens with zero attached hydrogens (tertiary/aromatic N) is 1. The van der Waals surface area contributed by atoms with E-state index in [1.807, 2.05) is 42.5 Å². The molecule has 0 radical (unpaired) electrons. The molecular weight excluding hydrogens is 262 g/mol. The topological polar surface area (TPSA) is 53.5 Å². The third kappa shape index (κ3) is 2.00. The number of nitrogens with one attached hydrogen (secondary N) is 2. The van der Waals surface area contributed by atoms with Gasteiger partial charge in [0.1, 0.15) is 11.8 Å². The van der Waals surface area contributed by atoms with E-state index < -0.39 is 0 Å². The molecule has 0 aromatic heterocycles. The molecule has 2 aliphatic heterocycles. The molecule has 0 saturated carbocycles. The summed E-state index contributed by atoms with van der Waals surface area (Å²) >= 11 is 0. The van der Waals surface area contributed by atoms with Crippen molar-refractivity contribution >= 4 is 23.1 Å². The summed E-state index contributed by atoms with van der Waals surface area (Å²) in [6.07, 6.45) is 0. The van der Waals surface area contributed by atoms with Crippen molar-refractivity contribution < 1.29 is 4.79 Å². The summed E-state index contributed by atoms with van der Waals surface area (Å²) in [6, 6.07) is 17.8. The number of carbonyl (C=O) groups is 1. The number of para-hydroxylation sites is 2. The van der Waals surface area contributed by atoms with Crippen LogP contribution in [0.25, 0.3) is 0 Å². The Bertz CT molecular complexity index is 724. The summed E-state index contributed by atoms with van der Waals surface area (Å²) in [7, 11) is 0. The van der Waals surface area contributed by atoms with Gasteiger partial charge < -0.3 is 10.6 Å². The highest BCUT2D eigenvalue weighted by Crippen LogP contribution is 2.36. The van der Waals surface area contributed by atoms with Crippen LogP contribution in [-0.2, 0) is 4.79 Å². The van der Waals surface area contributed by atoms with Gasteiger partial charge in [-0.1, -0.05) is 42.5 Å². The van der Waals surface area contributed by atoms with E-state index in [1.165, 1.54) is 0 Å². The van der Waals surface area contributed by atoms with Crippen molar-refractivity contribution in [2.24, 2.45) is 10.9 Å². The van der Waals surface area contributed by atoms with E-state index in [9.17, 15) is 4.79 Å². The summed E-state index contributed by atoms with van der Waals surface area (Å²) in [5.41, 5.74) is 2.87. The fraction of sp³-hybridized carbons (Fsp3) is 0.176. The molecule has 4 heteroatoms. The highest BCUT2D eigenvalue weighted by Gasteiger charge is 2.40. The van der Waals surface area contributed by atoms with E-state index >= 15 is 0 Å². The van der Waals surface area contributed by atoms with Crippen LogP contribution in [0.5, 0.6) is 0 Å². The second kappa shape index (κ2) is 4.74. The Morgan fingerprint density at radius 1 is 0.905 bits per heavy atom. The second-order valence-corrected chi connectivity index (χ2v) is 5.38. The molecule has 1 amide bonds. The summed E-state index contributed by atoms with van der Waals surface area (Å²) < 4.78 is 0. The smallest absolute Gasteiger partial charge is 0.235 e. The third-order valence-corrected chi connectivity index (χ3v) is 4.11. The molecule has 4 nitrogen and oxygen atoms in total. The van der Waals surface area contributed by atoms with Crippen LogP contribution in [0, 0.1) is 5.92 Å². The van der Waals surface area contributed by atoms with Crippen molar-refractivity contribution in [3.63, 3.8) is 0 Å². The maximum absolute atomic E-state index is 12.6. The van der Waals surface area contributed by atoms with Crippen LogP contribution in [0.1, 0.15) is 11.5 Å². The van der Waals surface area contributed by atoms with Gasteiger partial charge >= 0.3 is 0 Å². The molecule has 2 heterocycles. The van der Waals surface area contributed by atoms with Gasteiger partial charge in [-0.2, -0.15) is 0 Å². The van der Waals surface area contributed by atoms with E-state index in [2.05, 4.69) is 27.8 Å². The van der Waals surface area contributed by atoms with Gasteiger partial charge in [0.25, 0.3) is 0 Å². The van der Waals surface area contributed by atoms with Crippen molar-refractivity contribution in [2.75, 3.05) is 17.2 Å². The number of hydrogen-bond donors (Lipinski definition) is 2. The van der Waals surface area contributed by atoms with Gasteiger partial charge in [0, 0.05) is 12.5 Å². The van der Waals surface area contributed by atoms with E-state index in [4.69, 9.17) is 0 Å². The summed E-state index contributed by atoms with van der Waals surface area (Å²) in [5.74, 6) is 0.631. The van der Waals surface area contributed by atoms with Crippen molar-refractivity contribution in [3.8, 4) is 0 Å². The Morgan fingerprint density at radius 2 is 1.57 bits per heavy atom. The highest BCUT2D eigenvalue weighted by molar-refractivity contribution is 6.19. The predicted molar refractivity (Wildman–Crippen MR) is 83.7 cm³/mol. The molecule has 2 aromatic carbocycles. The first-order valence-corrected chi connectivity index (χ1v) is 7.09. The molecule has 2 N–H and O–H groups in total. The number of amides is 1. The molecule has 0 saturated heterocycles. The molecule has 2 aromatic rings. The van der Waals surface area contributed by atoms with Gasteiger partial charge in [-0.3, -0.25) is 9.79 Å². The largest absolute Gasteiger partial charge is 0.342 e. The number of anilines is 2. The zero-order valence-electron chi connectivity index (χ0n) is 11.4. The minimum Gasteiger partial charge on any atom is -0.342 e. The Morgan fingerprint density at radius 3 is 2.33 bits per heavy atom. The van der Waals surface area contributed by atoms with Crippen molar-refractivity contribution in [3.05, 3.63) is 60.2 Å². The van der Waals surface area contributed by atoms with Crippen LogP contribution in [0.15, 0.2) is 59.6 Å². The lowest BCUT2D eigenvalue weighted by Crippen LogP contribution is -2.32. The van der Waals surface area contributed by atoms with Crippen LogP contribution < -0.4 is 10.6 Å². The average Bonchev–Trinajstić information content (AvgIpc) is 2.88. The van der Waals surface area contributed by atoms with Gasteiger partial charge in [0.05, 0.1) is 11.4 Å². The fourth-order valence-corrected chi connectivity index (χ4v) is 3.06. The first kappa shape index (κ1) is 12.1. The molecule has 0 aliphatic carbocycles. The summed E-state index contributed by atoms with van der Waals surface area (Å²) in [4.78, 5) is 17.2. The monoisotopic (exact) mass is 277 g/mol. The first-order chi connectivity index (χ1) is 10.3. The minimum absolute atomic E-state index is 0.0116. The number of carbonyl (C=O) groups excluding carboxylic acids is 1. The number of fused-ring (bicyclic) bond motifs is 2. The third-order valence-electron chi connectivity index (χ3n) is 4.11. The van der Waals surface area contributed by atoms with Crippen molar-refractivity contribution in [1.82, 2.24) is 0 Å². The normalized spacial score (nSPS) is 23.2. The van der Waals surface area contributed by atoms with E-state index in [1.54, 1.807) is 0 Å². The number of amidine groups is 1. The lowest BCUT2D eigenvalue weighted by atomic mass is 9.87. The molecule has 2 atom stereocenters. The molecule has 2 aliphatic rings. The van der Waals surface area contributed by atoms with Crippen LogP contribution in [0.4, 0.5) is 11.4 Å². The Hall–Kier alpha value is -2.62. The SMILES string of the molecule is O=C1Nc2ccccc2NC2=NC[C@@H](c3ccccc3)[C@@H]12. The maximum Gasteiger partial charge on any atom is 0.235 e. The first-order valence-electron chi connectivity index (χ1n) is 7.09. The van der Waals surface area contributed by atoms with E-state index in [-0.39, 0.29) is 17.7 Å². The van der Waals surface area contributed by atoms with E-state index in [0.717, 1.165) is 22.8 Å². The molecule has 104 valence electrons. The fourth-order valence-electron chi connectivity index (χ4n) is 3.06. The van der Waals surface area contributed by atoms with Crippen LogP contribution >= 0.6 is 0 Å². The molecule has 21 heavy (non-hydrogen) atoms. The minimum atomic E-state index is -0.250. The van der Waals surface area contributed by atoms with Crippen LogP contribution in [0.2, 0.25) is 0 Å². The second-order valence-electron chi connectivity index (χ2n) is 5.38. The lowest BCUT2D eigenvalue weighted by molar-refractivity contribution is -0.118. The molecule has 0 spiro atoms. The van der Waals surface area contributed by atoms with Crippen molar-refractivity contribution in [2.45, 2.75) is 5.92 Å². The predicted octanol–water partition coefficient (Wildman–Crippen LogP) is 2.86. The number of hydrogen-bond acceptors (Lipinski definition) is 3. The van der Waals surface area contributed by atoms with Gasteiger partial charge in [-0.25, -0.2) is 0 Å². The molecular formula is C17H15N3O. The number of rotatable bonds is 1. The molecule has 0 fully saturated rings. The van der Waals surface area contributed by atoms with Crippen LogP contribution in [0.3, 0.4) is 0 Å². The van der Waals surface area contributed by atoms with Gasteiger partial charge in [0.15, 0.2) is 0 Å². The number of benzene rings is 2. The Kier molecular flexibility index (Phi) is 2.74. The maximum atomic E-state index is 12.6. The summed E-state index contributed by atoms with van der Waals surface area (Å²) in [6.45, 7) is 0.645. The molecule has 0 unspecified atom stereocenters. The average molecular weight is 277 g/mol. The van der Waals surface area contributed by atoms with Crippen molar-refractivity contribution in [1.29, 1.82) is 0 Å².